The zero-order valence-corrected chi connectivity index (χ0v) is 13.9. The number of carbonyl (C=O) groups excluding carboxylic acids is 1. The van der Waals surface area contributed by atoms with Crippen molar-refractivity contribution in [1.82, 2.24) is 10.6 Å². The van der Waals surface area contributed by atoms with Crippen molar-refractivity contribution in [3.63, 3.8) is 0 Å². The van der Waals surface area contributed by atoms with E-state index in [1.54, 1.807) is 12.1 Å². The maximum Gasteiger partial charge on any atom is 0.220 e. The topological polar surface area (TPSA) is 41.1 Å². The Balaban J connectivity index is 0.00000242. The average Bonchev–Trinajstić information content (AvgIpc) is 2.46. The van der Waals surface area contributed by atoms with E-state index in [-0.39, 0.29) is 30.0 Å². The van der Waals surface area contributed by atoms with Crippen LogP contribution in [0, 0.1) is 17.7 Å². The van der Waals surface area contributed by atoms with E-state index >= 15 is 0 Å². The summed E-state index contributed by atoms with van der Waals surface area (Å²) in [7, 11) is 0. The number of hydrogen-bond acceptors (Lipinski definition) is 2. The van der Waals surface area contributed by atoms with Gasteiger partial charge in [0.1, 0.15) is 5.82 Å². The predicted molar refractivity (Wildman–Crippen MR) is 89.7 cm³/mol. The van der Waals surface area contributed by atoms with Crippen LogP contribution in [0.3, 0.4) is 0 Å². The number of piperidine rings is 1. The second kappa shape index (κ2) is 9.80. The molecule has 2 rings (SSSR count). The van der Waals surface area contributed by atoms with Crippen LogP contribution in [0.1, 0.15) is 31.7 Å². The Hall–Kier alpha value is -1.13. The molecule has 2 N–H and O–H groups in total. The summed E-state index contributed by atoms with van der Waals surface area (Å²) in [5, 5.41) is 6.38. The van der Waals surface area contributed by atoms with Gasteiger partial charge in [-0.15, -0.1) is 12.4 Å². The van der Waals surface area contributed by atoms with Gasteiger partial charge in [0.2, 0.25) is 5.91 Å². The molecule has 1 heterocycles. The summed E-state index contributed by atoms with van der Waals surface area (Å²) in [6.07, 6.45) is 3.61. The smallest absolute Gasteiger partial charge is 0.220 e. The van der Waals surface area contributed by atoms with Crippen LogP contribution in [0.15, 0.2) is 24.3 Å². The van der Waals surface area contributed by atoms with E-state index < -0.39 is 0 Å². The minimum atomic E-state index is -0.214. The Morgan fingerprint density at radius 3 is 3.00 bits per heavy atom. The standard InChI is InChI=1S/C17H25FN2O.ClH/c1-13(8-14-4-2-6-16(18)10-14)9-17(21)20-12-15-5-3-7-19-11-15;/h2,4,6,10,13,15,19H,3,5,7-9,11-12H2,1H3,(H,20,21);1H. The second-order valence-corrected chi connectivity index (χ2v) is 6.16. The molecule has 1 amide bonds. The van der Waals surface area contributed by atoms with E-state index in [9.17, 15) is 9.18 Å². The molecule has 124 valence electrons. The van der Waals surface area contributed by atoms with Gasteiger partial charge in [0.05, 0.1) is 0 Å². The number of benzene rings is 1. The van der Waals surface area contributed by atoms with Crippen molar-refractivity contribution in [2.24, 2.45) is 11.8 Å². The fourth-order valence-corrected chi connectivity index (χ4v) is 2.88. The minimum Gasteiger partial charge on any atom is -0.356 e. The SMILES string of the molecule is CC(CC(=O)NCC1CCCNC1)Cc1cccc(F)c1.Cl. The molecule has 0 radical (unpaired) electrons. The quantitative estimate of drug-likeness (QED) is 0.843. The molecule has 0 bridgehead atoms. The van der Waals surface area contributed by atoms with E-state index in [1.807, 2.05) is 13.0 Å². The second-order valence-electron chi connectivity index (χ2n) is 6.16. The Kier molecular flexibility index (Phi) is 8.43. The molecule has 1 aliphatic heterocycles. The third kappa shape index (κ3) is 6.75. The first-order valence-electron chi connectivity index (χ1n) is 7.85. The van der Waals surface area contributed by atoms with Gasteiger partial charge in [-0.25, -0.2) is 4.39 Å². The number of rotatable bonds is 6. The number of carbonyl (C=O) groups is 1. The fraction of sp³-hybridized carbons (Fsp3) is 0.588. The molecule has 2 atom stereocenters. The molecular weight excluding hydrogens is 303 g/mol. The highest BCUT2D eigenvalue weighted by atomic mass is 35.5. The van der Waals surface area contributed by atoms with Crippen molar-refractivity contribution in [2.45, 2.75) is 32.6 Å². The monoisotopic (exact) mass is 328 g/mol. The van der Waals surface area contributed by atoms with Crippen molar-refractivity contribution < 1.29 is 9.18 Å². The summed E-state index contributed by atoms with van der Waals surface area (Å²) in [4.78, 5) is 11.9. The summed E-state index contributed by atoms with van der Waals surface area (Å²) < 4.78 is 13.1. The maximum atomic E-state index is 13.1. The molecule has 1 aromatic rings. The third-order valence-corrected chi connectivity index (χ3v) is 3.99. The van der Waals surface area contributed by atoms with Gasteiger partial charge in [0.25, 0.3) is 0 Å². The summed E-state index contributed by atoms with van der Waals surface area (Å²) in [5.41, 5.74) is 0.951. The molecule has 0 spiro atoms. The van der Waals surface area contributed by atoms with Crippen LogP contribution in [0.4, 0.5) is 4.39 Å². The molecule has 5 heteroatoms. The first-order chi connectivity index (χ1) is 10.1. The highest BCUT2D eigenvalue weighted by Gasteiger charge is 2.15. The molecule has 0 aromatic heterocycles. The largest absolute Gasteiger partial charge is 0.356 e. The molecule has 0 saturated carbocycles. The molecular formula is C17H26ClFN2O. The van der Waals surface area contributed by atoms with Crippen molar-refractivity contribution in [3.05, 3.63) is 35.6 Å². The number of hydrogen-bond donors (Lipinski definition) is 2. The van der Waals surface area contributed by atoms with Gasteiger partial charge >= 0.3 is 0 Å². The number of halogens is 2. The van der Waals surface area contributed by atoms with E-state index in [4.69, 9.17) is 0 Å². The zero-order chi connectivity index (χ0) is 15.1. The molecule has 1 aliphatic rings. The lowest BCUT2D eigenvalue weighted by Gasteiger charge is -2.23. The maximum absolute atomic E-state index is 13.1. The van der Waals surface area contributed by atoms with Gasteiger partial charge in [-0.1, -0.05) is 19.1 Å². The Labute approximate surface area is 138 Å². The van der Waals surface area contributed by atoms with Gasteiger partial charge in [0.15, 0.2) is 0 Å². The van der Waals surface area contributed by atoms with Crippen LogP contribution in [0.2, 0.25) is 0 Å². The Morgan fingerprint density at radius 2 is 2.32 bits per heavy atom. The van der Waals surface area contributed by atoms with Crippen molar-refractivity contribution in [2.75, 3.05) is 19.6 Å². The van der Waals surface area contributed by atoms with Crippen LogP contribution in [-0.2, 0) is 11.2 Å². The molecule has 2 unspecified atom stereocenters. The molecule has 3 nitrogen and oxygen atoms in total. The first-order valence-corrected chi connectivity index (χ1v) is 7.85. The lowest BCUT2D eigenvalue weighted by atomic mass is 9.97. The fourth-order valence-electron chi connectivity index (χ4n) is 2.88. The van der Waals surface area contributed by atoms with E-state index in [1.165, 1.54) is 18.9 Å². The molecule has 1 fully saturated rings. The van der Waals surface area contributed by atoms with Gasteiger partial charge in [-0.3, -0.25) is 4.79 Å². The van der Waals surface area contributed by atoms with Gasteiger partial charge in [-0.2, -0.15) is 0 Å². The molecule has 1 aromatic carbocycles. The third-order valence-electron chi connectivity index (χ3n) is 3.99. The van der Waals surface area contributed by atoms with Crippen LogP contribution in [0.25, 0.3) is 0 Å². The summed E-state index contributed by atoms with van der Waals surface area (Å²) in [5.74, 6) is 0.663. The van der Waals surface area contributed by atoms with Crippen molar-refractivity contribution in [3.8, 4) is 0 Å². The summed E-state index contributed by atoms with van der Waals surface area (Å²) in [6, 6.07) is 6.61. The zero-order valence-electron chi connectivity index (χ0n) is 13.1. The summed E-state index contributed by atoms with van der Waals surface area (Å²) >= 11 is 0. The average molecular weight is 329 g/mol. The van der Waals surface area contributed by atoms with E-state index in [0.29, 0.717) is 12.3 Å². The Morgan fingerprint density at radius 1 is 1.50 bits per heavy atom. The Bertz CT molecular complexity index is 464. The number of nitrogens with one attached hydrogen (secondary N) is 2. The highest BCUT2D eigenvalue weighted by Crippen LogP contribution is 2.13. The molecule has 0 aliphatic carbocycles. The van der Waals surface area contributed by atoms with Crippen molar-refractivity contribution >= 4 is 18.3 Å². The van der Waals surface area contributed by atoms with Gasteiger partial charge in [-0.05, 0) is 61.9 Å². The highest BCUT2D eigenvalue weighted by molar-refractivity contribution is 5.85. The van der Waals surface area contributed by atoms with E-state index in [0.717, 1.165) is 31.6 Å². The van der Waals surface area contributed by atoms with Crippen molar-refractivity contribution in [1.29, 1.82) is 0 Å². The van der Waals surface area contributed by atoms with Gasteiger partial charge in [0, 0.05) is 13.0 Å². The minimum absolute atomic E-state index is 0. The van der Waals surface area contributed by atoms with Crippen LogP contribution < -0.4 is 10.6 Å². The lowest BCUT2D eigenvalue weighted by Crippen LogP contribution is -2.38. The number of amides is 1. The van der Waals surface area contributed by atoms with E-state index in [2.05, 4.69) is 10.6 Å². The normalized spacial score (nSPS) is 19.1. The van der Waals surface area contributed by atoms with Crippen LogP contribution in [-0.4, -0.2) is 25.5 Å². The van der Waals surface area contributed by atoms with Crippen LogP contribution in [0.5, 0.6) is 0 Å². The van der Waals surface area contributed by atoms with Gasteiger partial charge < -0.3 is 10.6 Å². The predicted octanol–water partition coefficient (Wildman–Crippen LogP) is 2.93. The first kappa shape index (κ1) is 18.9. The molecule has 22 heavy (non-hydrogen) atoms. The lowest BCUT2D eigenvalue weighted by molar-refractivity contribution is -0.122. The van der Waals surface area contributed by atoms with Crippen LogP contribution >= 0.6 is 12.4 Å². The molecule has 1 saturated heterocycles. The summed E-state index contributed by atoms with van der Waals surface area (Å²) in [6.45, 7) is 4.89.